The number of nitrogens with zero attached hydrogens (tertiary/aromatic N) is 5. The first-order valence-corrected chi connectivity index (χ1v) is 17.2. The average Bonchev–Trinajstić information content (AvgIpc) is 3.70. The fourth-order valence-electron chi connectivity index (χ4n) is 6.44. The smallest absolute Gasteiger partial charge is 0.314 e. The van der Waals surface area contributed by atoms with Gasteiger partial charge < -0.3 is 46.2 Å². The molecule has 266 valence electrons. The summed E-state index contributed by atoms with van der Waals surface area (Å²) >= 11 is 0. The molecule has 2 saturated heterocycles. The van der Waals surface area contributed by atoms with Gasteiger partial charge in [0.15, 0.2) is 23.2 Å². The Balaban J connectivity index is 1.17. The molecular weight excluding hydrogens is 642 g/mol. The van der Waals surface area contributed by atoms with E-state index >= 15 is 0 Å². The minimum atomic E-state index is -1.38. The van der Waals surface area contributed by atoms with E-state index in [-0.39, 0.29) is 42.3 Å². The number of hydrogen-bond donors (Lipinski definition) is 7. The fraction of sp³-hybridized carbons (Fsp3) is 0.457. The van der Waals surface area contributed by atoms with Crippen molar-refractivity contribution in [3.05, 3.63) is 83.9 Å². The van der Waals surface area contributed by atoms with Gasteiger partial charge in [0, 0.05) is 38.6 Å². The number of amides is 3. The molecule has 4 heterocycles. The molecule has 3 amide bonds. The van der Waals surface area contributed by atoms with Crippen molar-refractivity contribution in [2.24, 2.45) is 0 Å². The molecule has 15 nitrogen and oxygen atoms in total. The zero-order valence-electron chi connectivity index (χ0n) is 27.8. The first kappa shape index (κ1) is 35.2. The summed E-state index contributed by atoms with van der Waals surface area (Å²) < 4.78 is 7.17. The van der Waals surface area contributed by atoms with E-state index in [2.05, 4.69) is 41.1 Å². The van der Waals surface area contributed by atoms with Crippen LogP contribution in [0, 0.1) is 0 Å². The van der Waals surface area contributed by atoms with Crippen LogP contribution in [0.1, 0.15) is 53.2 Å². The van der Waals surface area contributed by atoms with E-state index < -0.39 is 37.1 Å². The van der Waals surface area contributed by atoms with Crippen LogP contribution in [0.2, 0.25) is 0 Å². The number of carbonyl (C=O) groups excluding carboxylic acids is 2. The first-order valence-electron chi connectivity index (χ1n) is 17.2. The van der Waals surface area contributed by atoms with Crippen molar-refractivity contribution in [2.45, 2.75) is 49.7 Å². The lowest BCUT2D eigenvalue weighted by molar-refractivity contribution is -0.0511. The van der Waals surface area contributed by atoms with Crippen molar-refractivity contribution in [1.82, 2.24) is 40.4 Å². The number of likely N-dealkylation sites (tertiary alicyclic amines) is 1. The second-order valence-corrected chi connectivity index (χ2v) is 12.5. The van der Waals surface area contributed by atoms with E-state index in [0.717, 1.165) is 30.8 Å². The quantitative estimate of drug-likeness (QED) is 0.0941. The van der Waals surface area contributed by atoms with Crippen LogP contribution in [0.15, 0.2) is 67.0 Å². The van der Waals surface area contributed by atoms with Crippen LogP contribution in [0.5, 0.6) is 0 Å². The van der Waals surface area contributed by atoms with Gasteiger partial charge in [-0.15, -0.1) is 0 Å². The van der Waals surface area contributed by atoms with E-state index in [1.54, 1.807) is 0 Å². The number of benzene rings is 2. The highest BCUT2D eigenvalue weighted by molar-refractivity contribution is 5.94. The molecule has 4 atom stereocenters. The molecular formula is C35H45N9O6. The van der Waals surface area contributed by atoms with E-state index in [4.69, 9.17) is 4.74 Å². The number of imidazole rings is 1. The third-order valence-corrected chi connectivity index (χ3v) is 9.15. The molecule has 2 aromatic carbocycles. The second-order valence-electron chi connectivity index (χ2n) is 12.5. The van der Waals surface area contributed by atoms with Crippen molar-refractivity contribution in [3.63, 3.8) is 0 Å². The zero-order chi connectivity index (χ0) is 34.9. The lowest BCUT2D eigenvalue weighted by Crippen LogP contribution is -2.43. The third kappa shape index (κ3) is 8.37. The lowest BCUT2D eigenvalue weighted by atomic mass is 9.91. The predicted octanol–water partition coefficient (Wildman–Crippen LogP) is 1.20. The van der Waals surface area contributed by atoms with Crippen LogP contribution in [0.25, 0.3) is 11.2 Å². The summed E-state index contributed by atoms with van der Waals surface area (Å²) in [5.41, 5.74) is 2.66. The Hall–Kier alpha value is -4.67. The Bertz CT molecular complexity index is 1660. The molecule has 2 aliphatic heterocycles. The van der Waals surface area contributed by atoms with Gasteiger partial charge in [0.05, 0.1) is 12.9 Å². The number of piperidine rings is 1. The number of anilines is 1. The molecule has 50 heavy (non-hydrogen) atoms. The van der Waals surface area contributed by atoms with Crippen molar-refractivity contribution in [2.75, 3.05) is 57.7 Å². The van der Waals surface area contributed by atoms with Gasteiger partial charge in [0.1, 0.15) is 18.3 Å². The topological polar surface area (TPSA) is 199 Å². The molecule has 0 aliphatic carbocycles. The Morgan fingerprint density at radius 1 is 0.860 bits per heavy atom. The van der Waals surface area contributed by atoms with Crippen LogP contribution < -0.4 is 21.3 Å². The van der Waals surface area contributed by atoms with E-state index in [1.807, 2.05) is 60.7 Å². The highest BCUT2D eigenvalue weighted by Crippen LogP contribution is 2.33. The van der Waals surface area contributed by atoms with Gasteiger partial charge in [-0.3, -0.25) is 9.36 Å². The predicted molar refractivity (Wildman–Crippen MR) is 186 cm³/mol. The standard InChI is InChI=1S/C35H45N9O6/c45-21-26-28(46)29(47)34(50-26)44-22-40-27-30(39-20-25(23-10-4-1-5-11-23)24-12-6-2-7-13-24)41-31(42-32(27)44)33(48)36-14-15-37-35(49)38-16-19-43-17-8-3-9-18-43/h1-2,4-7,10-13,22,25-26,28-29,34,45-47H,3,8-9,14-21H2,(H,36,48)(H2,37,38,49)(H,39,41,42)/t26-,28-,29?,34-/m1/s1. The SMILES string of the molecule is O=C(NCCNC(=O)c1nc(NCC(c2ccccc2)c2ccccc2)c2ncn([C@@H]3O[C@H](CO)[C@@H](O)C3O)c2n1)NCCN1CCCCC1. The number of rotatable bonds is 14. The van der Waals surface area contributed by atoms with Gasteiger partial charge in [0.2, 0.25) is 5.82 Å². The number of aromatic nitrogens is 4. The molecule has 0 bridgehead atoms. The van der Waals surface area contributed by atoms with Crippen LogP contribution in [-0.4, -0.2) is 122 Å². The van der Waals surface area contributed by atoms with Gasteiger partial charge in [-0.05, 0) is 37.1 Å². The van der Waals surface area contributed by atoms with Crippen molar-refractivity contribution >= 4 is 28.9 Å². The second kappa shape index (κ2) is 16.8. The number of ether oxygens (including phenoxy) is 1. The highest BCUT2D eigenvalue weighted by Gasteiger charge is 2.44. The Labute approximate surface area is 290 Å². The normalized spacial score (nSPS) is 21.0. The summed E-state index contributed by atoms with van der Waals surface area (Å²) in [6.45, 7) is 3.67. The summed E-state index contributed by atoms with van der Waals surface area (Å²) in [5, 5.41) is 42.6. The molecule has 0 spiro atoms. The molecule has 1 unspecified atom stereocenters. The van der Waals surface area contributed by atoms with Crippen LogP contribution >= 0.6 is 0 Å². The van der Waals surface area contributed by atoms with Gasteiger partial charge >= 0.3 is 6.03 Å². The van der Waals surface area contributed by atoms with Crippen molar-refractivity contribution < 1.29 is 29.6 Å². The Kier molecular flexibility index (Phi) is 11.8. The Morgan fingerprint density at radius 3 is 2.18 bits per heavy atom. The van der Waals surface area contributed by atoms with E-state index in [9.17, 15) is 24.9 Å². The molecule has 2 aliphatic rings. The largest absolute Gasteiger partial charge is 0.394 e. The number of aliphatic hydroxyl groups excluding tert-OH is 3. The van der Waals surface area contributed by atoms with Crippen LogP contribution in [0.4, 0.5) is 10.6 Å². The number of urea groups is 1. The molecule has 2 aromatic heterocycles. The maximum absolute atomic E-state index is 13.4. The maximum atomic E-state index is 13.4. The first-order chi connectivity index (χ1) is 24.4. The molecule has 15 heteroatoms. The average molecular weight is 688 g/mol. The van der Waals surface area contributed by atoms with Gasteiger partial charge in [-0.2, -0.15) is 0 Å². The molecule has 2 fully saturated rings. The molecule has 4 aromatic rings. The van der Waals surface area contributed by atoms with Gasteiger partial charge in [-0.25, -0.2) is 19.7 Å². The molecule has 6 rings (SSSR count). The summed E-state index contributed by atoms with van der Waals surface area (Å²) in [4.78, 5) is 41.6. The van der Waals surface area contributed by atoms with Crippen molar-refractivity contribution in [1.29, 1.82) is 0 Å². The summed E-state index contributed by atoms with van der Waals surface area (Å²) in [6, 6.07) is 19.7. The van der Waals surface area contributed by atoms with E-state index in [1.165, 1.54) is 30.2 Å². The molecule has 7 N–H and O–H groups in total. The minimum absolute atomic E-state index is 0.0701. The van der Waals surface area contributed by atoms with Crippen molar-refractivity contribution in [3.8, 4) is 0 Å². The molecule has 0 radical (unpaired) electrons. The van der Waals surface area contributed by atoms with Gasteiger partial charge in [-0.1, -0.05) is 67.1 Å². The number of fused-ring (bicyclic) bond motifs is 1. The summed E-state index contributed by atoms with van der Waals surface area (Å²) in [7, 11) is 0. The third-order valence-electron chi connectivity index (χ3n) is 9.15. The number of carbonyl (C=O) groups is 2. The van der Waals surface area contributed by atoms with E-state index in [0.29, 0.717) is 18.6 Å². The lowest BCUT2D eigenvalue weighted by Gasteiger charge is -2.26. The molecule has 0 saturated carbocycles. The monoisotopic (exact) mass is 687 g/mol. The van der Waals surface area contributed by atoms with Crippen LogP contribution in [-0.2, 0) is 4.74 Å². The number of nitrogens with one attached hydrogen (secondary N) is 4. The maximum Gasteiger partial charge on any atom is 0.314 e. The number of aliphatic hydroxyl groups is 3. The highest BCUT2D eigenvalue weighted by atomic mass is 16.6. The summed E-state index contributed by atoms with van der Waals surface area (Å²) in [5.74, 6) is -0.540. The fourth-order valence-corrected chi connectivity index (χ4v) is 6.44. The number of hydrogen-bond acceptors (Lipinski definition) is 11. The zero-order valence-corrected chi connectivity index (χ0v) is 27.8. The Morgan fingerprint density at radius 2 is 1.52 bits per heavy atom. The minimum Gasteiger partial charge on any atom is -0.394 e. The van der Waals surface area contributed by atoms with Gasteiger partial charge in [0.25, 0.3) is 5.91 Å². The summed E-state index contributed by atoms with van der Waals surface area (Å²) in [6.07, 6.45) is 0.176. The van der Waals surface area contributed by atoms with Crippen LogP contribution in [0.3, 0.4) is 0 Å².